The number of benzene rings is 2. The molecule has 2 rings (SSSR count). The zero-order valence-corrected chi connectivity index (χ0v) is 11.9. The third-order valence-electron chi connectivity index (χ3n) is 3.33. The maximum Gasteiger partial charge on any atom is 0.104 e. The van der Waals surface area contributed by atoms with E-state index in [4.69, 9.17) is 0 Å². The summed E-state index contributed by atoms with van der Waals surface area (Å²) in [7, 11) is 0. The van der Waals surface area contributed by atoms with Crippen LogP contribution in [0.1, 0.15) is 42.2 Å². The lowest BCUT2D eigenvalue weighted by atomic mass is 9.97. The van der Waals surface area contributed by atoms with E-state index < -0.39 is 6.10 Å². The molecule has 0 aliphatic heterocycles. The molecule has 0 saturated carbocycles. The maximum atomic E-state index is 10.4. The third-order valence-corrected chi connectivity index (χ3v) is 3.33. The number of aliphatic hydroxyl groups is 1. The molecule has 1 N–H and O–H groups in total. The van der Waals surface area contributed by atoms with Crippen LogP contribution in [0.25, 0.3) is 0 Å². The lowest BCUT2D eigenvalue weighted by Gasteiger charge is -2.13. The zero-order valence-electron chi connectivity index (χ0n) is 11.9. The Bertz CT molecular complexity index is 508. The van der Waals surface area contributed by atoms with Crippen LogP contribution in [-0.2, 0) is 6.42 Å². The molecule has 0 bridgehead atoms. The topological polar surface area (TPSA) is 20.2 Å². The van der Waals surface area contributed by atoms with E-state index in [-0.39, 0.29) is 0 Å². The SMILES string of the molecule is Cc1ccc([C@@H](O)c2ccc(CC(C)C)cc2)cc1. The van der Waals surface area contributed by atoms with Crippen LogP contribution in [0.2, 0.25) is 0 Å². The van der Waals surface area contributed by atoms with E-state index >= 15 is 0 Å². The summed E-state index contributed by atoms with van der Waals surface area (Å²) in [6.07, 6.45) is 0.551. The van der Waals surface area contributed by atoms with E-state index in [1.165, 1.54) is 11.1 Å². The molecule has 0 saturated heterocycles. The molecule has 0 spiro atoms. The summed E-state index contributed by atoms with van der Waals surface area (Å²) in [6.45, 7) is 6.49. The van der Waals surface area contributed by atoms with Gasteiger partial charge >= 0.3 is 0 Å². The van der Waals surface area contributed by atoms with Gasteiger partial charge in [0.05, 0.1) is 0 Å². The summed E-state index contributed by atoms with van der Waals surface area (Å²) < 4.78 is 0. The van der Waals surface area contributed by atoms with Crippen molar-refractivity contribution in [2.75, 3.05) is 0 Å². The zero-order chi connectivity index (χ0) is 13.8. The van der Waals surface area contributed by atoms with E-state index in [9.17, 15) is 5.11 Å². The van der Waals surface area contributed by atoms with Crippen LogP contribution < -0.4 is 0 Å². The van der Waals surface area contributed by atoms with Crippen molar-refractivity contribution in [2.45, 2.75) is 33.3 Å². The fourth-order valence-electron chi connectivity index (χ4n) is 2.25. The van der Waals surface area contributed by atoms with E-state index in [1.54, 1.807) is 0 Å². The summed E-state index contributed by atoms with van der Waals surface area (Å²) in [4.78, 5) is 0. The second kappa shape index (κ2) is 6.03. The lowest BCUT2D eigenvalue weighted by molar-refractivity contribution is 0.220. The molecule has 0 heterocycles. The molecule has 0 aliphatic rings. The summed E-state index contributed by atoms with van der Waals surface area (Å²) in [5, 5.41) is 10.4. The van der Waals surface area contributed by atoms with Gasteiger partial charge in [-0.1, -0.05) is 67.9 Å². The number of aliphatic hydroxyl groups excluding tert-OH is 1. The van der Waals surface area contributed by atoms with Gasteiger partial charge in [0.25, 0.3) is 0 Å². The van der Waals surface area contributed by atoms with Crippen LogP contribution in [0.15, 0.2) is 48.5 Å². The molecular formula is C18H22O. The minimum absolute atomic E-state index is 0.534. The van der Waals surface area contributed by atoms with Crippen molar-refractivity contribution in [1.82, 2.24) is 0 Å². The minimum atomic E-state index is -0.534. The Morgan fingerprint density at radius 2 is 1.32 bits per heavy atom. The average molecular weight is 254 g/mol. The lowest BCUT2D eigenvalue weighted by Crippen LogP contribution is -2.00. The van der Waals surface area contributed by atoms with Crippen molar-refractivity contribution < 1.29 is 5.11 Å². The van der Waals surface area contributed by atoms with Crippen LogP contribution in [-0.4, -0.2) is 5.11 Å². The fourth-order valence-corrected chi connectivity index (χ4v) is 2.25. The predicted molar refractivity (Wildman–Crippen MR) is 80.2 cm³/mol. The van der Waals surface area contributed by atoms with E-state index in [0.29, 0.717) is 5.92 Å². The first kappa shape index (κ1) is 13.8. The van der Waals surface area contributed by atoms with Gasteiger partial charge in [-0.15, -0.1) is 0 Å². The van der Waals surface area contributed by atoms with Crippen molar-refractivity contribution >= 4 is 0 Å². The van der Waals surface area contributed by atoms with Crippen molar-refractivity contribution in [3.05, 3.63) is 70.8 Å². The standard InChI is InChI=1S/C18H22O/c1-13(2)12-15-6-10-17(11-7-15)18(19)16-8-4-14(3)5-9-16/h4-11,13,18-19H,12H2,1-3H3/t18-/m1/s1. The summed E-state index contributed by atoms with van der Waals surface area (Å²) >= 11 is 0. The molecule has 1 nitrogen and oxygen atoms in total. The molecule has 0 amide bonds. The minimum Gasteiger partial charge on any atom is -0.384 e. The van der Waals surface area contributed by atoms with Crippen LogP contribution in [0.5, 0.6) is 0 Å². The first-order chi connectivity index (χ1) is 9.06. The smallest absolute Gasteiger partial charge is 0.104 e. The first-order valence-electron chi connectivity index (χ1n) is 6.89. The number of hydrogen-bond donors (Lipinski definition) is 1. The Balaban J connectivity index is 2.15. The molecule has 0 radical (unpaired) electrons. The van der Waals surface area contributed by atoms with Gasteiger partial charge in [-0.25, -0.2) is 0 Å². The van der Waals surface area contributed by atoms with Crippen molar-refractivity contribution in [2.24, 2.45) is 5.92 Å². The molecule has 1 heteroatoms. The average Bonchev–Trinajstić information content (AvgIpc) is 2.39. The fraction of sp³-hybridized carbons (Fsp3) is 0.333. The second-order valence-electron chi connectivity index (χ2n) is 5.65. The van der Waals surface area contributed by atoms with Gasteiger partial charge in [0, 0.05) is 0 Å². The normalized spacial score (nSPS) is 12.7. The van der Waals surface area contributed by atoms with Crippen molar-refractivity contribution in [1.29, 1.82) is 0 Å². The van der Waals surface area contributed by atoms with Gasteiger partial charge in [0.15, 0.2) is 0 Å². The number of rotatable bonds is 4. The third kappa shape index (κ3) is 3.68. The monoisotopic (exact) mass is 254 g/mol. The predicted octanol–water partition coefficient (Wildman–Crippen LogP) is 4.28. The van der Waals surface area contributed by atoms with Crippen molar-refractivity contribution in [3.63, 3.8) is 0 Å². The van der Waals surface area contributed by atoms with E-state index in [0.717, 1.165) is 17.5 Å². The molecule has 0 fully saturated rings. The summed E-state index contributed by atoms with van der Waals surface area (Å²) in [5.41, 5.74) is 4.44. The van der Waals surface area contributed by atoms with Gasteiger partial charge in [-0.05, 0) is 36.0 Å². The Morgan fingerprint density at radius 1 is 0.842 bits per heavy atom. The number of hydrogen-bond acceptors (Lipinski definition) is 1. The van der Waals surface area contributed by atoms with E-state index in [2.05, 4.69) is 32.9 Å². The van der Waals surface area contributed by atoms with Crippen LogP contribution in [0, 0.1) is 12.8 Å². The molecule has 1 atom stereocenters. The highest BCUT2D eigenvalue weighted by molar-refractivity contribution is 5.33. The molecule has 100 valence electrons. The molecular weight excluding hydrogens is 232 g/mol. The molecule has 2 aromatic carbocycles. The van der Waals surface area contributed by atoms with Crippen LogP contribution in [0.3, 0.4) is 0 Å². The molecule has 19 heavy (non-hydrogen) atoms. The van der Waals surface area contributed by atoms with Crippen LogP contribution in [0.4, 0.5) is 0 Å². The Hall–Kier alpha value is -1.60. The first-order valence-corrected chi connectivity index (χ1v) is 6.89. The molecule has 0 unspecified atom stereocenters. The van der Waals surface area contributed by atoms with E-state index in [1.807, 2.05) is 36.4 Å². The Kier molecular flexibility index (Phi) is 4.39. The summed E-state index contributed by atoms with van der Waals surface area (Å²) in [5.74, 6) is 0.660. The molecule has 0 aromatic heterocycles. The van der Waals surface area contributed by atoms with Gasteiger partial charge in [-0.3, -0.25) is 0 Å². The van der Waals surface area contributed by atoms with Gasteiger partial charge in [-0.2, -0.15) is 0 Å². The quantitative estimate of drug-likeness (QED) is 0.863. The molecule has 0 aliphatic carbocycles. The Labute approximate surface area is 115 Å². The second-order valence-corrected chi connectivity index (χ2v) is 5.65. The molecule has 2 aromatic rings. The highest BCUT2D eigenvalue weighted by Gasteiger charge is 2.10. The maximum absolute atomic E-state index is 10.4. The van der Waals surface area contributed by atoms with Crippen LogP contribution >= 0.6 is 0 Å². The van der Waals surface area contributed by atoms with Gasteiger partial charge in [0.2, 0.25) is 0 Å². The Morgan fingerprint density at radius 3 is 1.79 bits per heavy atom. The summed E-state index contributed by atoms with van der Waals surface area (Å²) in [6, 6.07) is 16.3. The van der Waals surface area contributed by atoms with Gasteiger partial charge in [0.1, 0.15) is 6.10 Å². The van der Waals surface area contributed by atoms with Gasteiger partial charge < -0.3 is 5.11 Å². The van der Waals surface area contributed by atoms with Crippen molar-refractivity contribution in [3.8, 4) is 0 Å². The largest absolute Gasteiger partial charge is 0.384 e. The highest BCUT2D eigenvalue weighted by Crippen LogP contribution is 2.23. The highest BCUT2D eigenvalue weighted by atomic mass is 16.3. The number of aryl methyl sites for hydroxylation is 1.